The molecule has 0 saturated carbocycles. The number of fused-ring (bicyclic) bond motifs is 3. The number of nitrogens with one attached hydrogen (secondary N) is 1. The van der Waals surface area contributed by atoms with Crippen molar-refractivity contribution in [2.24, 2.45) is 0 Å². The lowest BCUT2D eigenvalue weighted by Gasteiger charge is -2.27. The summed E-state index contributed by atoms with van der Waals surface area (Å²) in [6, 6.07) is 5.79. The zero-order chi connectivity index (χ0) is 16.9. The molecule has 2 aromatic rings. The summed E-state index contributed by atoms with van der Waals surface area (Å²) in [5, 5.41) is 2.72. The summed E-state index contributed by atoms with van der Waals surface area (Å²) in [7, 11) is 1.73. The molecular formula is C17H24N4O3. The van der Waals surface area contributed by atoms with Crippen LogP contribution in [-0.2, 0) is 22.6 Å². The van der Waals surface area contributed by atoms with Crippen molar-refractivity contribution in [2.45, 2.75) is 26.4 Å². The van der Waals surface area contributed by atoms with Gasteiger partial charge < -0.3 is 14.0 Å². The summed E-state index contributed by atoms with van der Waals surface area (Å²) in [5.41, 5.74) is 2.71. The Morgan fingerprint density at radius 2 is 2.25 bits per heavy atom. The maximum Gasteiger partial charge on any atom is 0.411 e. The van der Waals surface area contributed by atoms with E-state index in [1.54, 1.807) is 14.0 Å². The Morgan fingerprint density at radius 1 is 1.38 bits per heavy atom. The van der Waals surface area contributed by atoms with E-state index in [4.69, 9.17) is 14.5 Å². The van der Waals surface area contributed by atoms with Crippen LogP contribution in [0.3, 0.4) is 0 Å². The zero-order valence-corrected chi connectivity index (χ0v) is 14.2. The standard InChI is InChI=1S/C17H24N4O3/c1-3-24-17(22)18-13-5-6-15-14(11-13)19-16-12-20(7-4-10-23-2)8-9-21(15)16/h5-6,11H,3-4,7-10,12H2,1-2H3,(H,18,22). The molecule has 2 heterocycles. The van der Waals surface area contributed by atoms with Crippen molar-refractivity contribution in [2.75, 3.05) is 38.7 Å². The molecule has 1 aliphatic rings. The fourth-order valence-corrected chi connectivity index (χ4v) is 3.06. The highest BCUT2D eigenvalue weighted by Crippen LogP contribution is 2.24. The number of ether oxygens (including phenoxy) is 2. The molecule has 0 bridgehead atoms. The number of carbonyl (C=O) groups excluding carboxylic acids is 1. The Kier molecular flexibility index (Phi) is 5.32. The third kappa shape index (κ3) is 3.68. The van der Waals surface area contributed by atoms with Gasteiger partial charge in [0, 0.05) is 39.0 Å². The predicted molar refractivity (Wildman–Crippen MR) is 92.1 cm³/mol. The van der Waals surface area contributed by atoms with E-state index in [0.717, 1.165) is 56.1 Å². The molecule has 0 radical (unpaired) electrons. The van der Waals surface area contributed by atoms with E-state index in [1.807, 2.05) is 18.2 Å². The quantitative estimate of drug-likeness (QED) is 0.823. The van der Waals surface area contributed by atoms with Crippen LogP contribution in [0.15, 0.2) is 18.2 Å². The smallest absolute Gasteiger partial charge is 0.411 e. The van der Waals surface area contributed by atoms with Gasteiger partial charge in [0.15, 0.2) is 0 Å². The Balaban J connectivity index is 1.73. The second-order valence-corrected chi connectivity index (χ2v) is 5.85. The largest absolute Gasteiger partial charge is 0.450 e. The van der Waals surface area contributed by atoms with E-state index < -0.39 is 6.09 Å². The molecule has 1 amide bonds. The van der Waals surface area contributed by atoms with Crippen LogP contribution in [0.4, 0.5) is 10.5 Å². The van der Waals surface area contributed by atoms with Crippen molar-refractivity contribution in [1.82, 2.24) is 14.5 Å². The number of hydrogen-bond donors (Lipinski definition) is 1. The molecule has 7 nitrogen and oxygen atoms in total. The van der Waals surface area contributed by atoms with Crippen molar-refractivity contribution < 1.29 is 14.3 Å². The van der Waals surface area contributed by atoms with Gasteiger partial charge in [-0.25, -0.2) is 9.78 Å². The first-order chi connectivity index (χ1) is 11.7. The van der Waals surface area contributed by atoms with Gasteiger partial charge in [-0.2, -0.15) is 0 Å². The number of nitrogens with zero attached hydrogens (tertiary/aromatic N) is 3. The van der Waals surface area contributed by atoms with Crippen LogP contribution < -0.4 is 5.32 Å². The van der Waals surface area contributed by atoms with E-state index in [-0.39, 0.29) is 0 Å². The minimum Gasteiger partial charge on any atom is -0.450 e. The van der Waals surface area contributed by atoms with Crippen LogP contribution in [0, 0.1) is 0 Å². The SMILES string of the molecule is CCOC(=O)Nc1ccc2c(c1)nc1n2CCN(CCCOC)C1. The second kappa shape index (κ2) is 7.63. The molecule has 0 saturated heterocycles. The van der Waals surface area contributed by atoms with Crippen LogP contribution in [0.2, 0.25) is 0 Å². The van der Waals surface area contributed by atoms with Gasteiger partial charge in [0.05, 0.1) is 24.2 Å². The van der Waals surface area contributed by atoms with Crippen LogP contribution in [-0.4, -0.2) is 54.0 Å². The van der Waals surface area contributed by atoms with Crippen LogP contribution in [0.1, 0.15) is 19.2 Å². The van der Waals surface area contributed by atoms with Crippen LogP contribution in [0.25, 0.3) is 11.0 Å². The molecule has 1 aromatic carbocycles. The Bertz CT molecular complexity index is 713. The lowest BCUT2D eigenvalue weighted by Crippen LogP contribution is -2.34. The molecule has 1 aliphatic heterocycles. The van der Waals surface area contributed by atoms with Gasteiger partial charge in [-0.1, -0.05) is 0 Å². The van der Waals surface area contributed by atoms with Crippen molar-refractivity contribution in [3.05, 3.63) is 24.0 Å². The molecule has 0 unspecified atom stereocenters. The molecule has 130 valence electrons. The summed E-state index contributed by atoms with van der Waals surface area (Å²) in [6.45, 7) is 6.74. The minimum atomic E-state index is -0.440. The van der Waals surface area contributed by atoms with Gasteiger partial charge in [0.2, 0.25) is 0 Å². The first kappa shape index (κ1) is 16.7. The lowest BCUT2D eigenvalue weighted by atomic mass is 10.2. The third-order valence-corrected chi connectivity index (χ3v) is 4.18. The highest BCUT2D eigenvalue weighted by Gasteiger charge is 2.20. The molecule has 0 spiro atoms. The summed E-state index contributed by atoms with van der Waals surface area (Å²) in [5.74, 6) is 1.07. The van der Waals surface area contributed by atoms with E-state index in [0.29, 0.717) is 12.3 Å². The number of hydrogen-bond acceptors (Lipinski definition) is 5. The van der Waals surface area contributed by atoms with Crippen molar-refractivity contribution in [3.63, 3.8) is 0 Å². The van der Waals surface area contributed by atoms with Gasteiger partial charge in [-0.05, 0) is 31.5 Å². The first-order valence-electron chi connectivity index (χ1n) is 8.35. The van der Waals surface area contributed by atoms with E-state index in [2.05, 4.69) is 14.8 Å². The van der Waals surface area contributed by atoms with Crippen molar-refractivity contribution >= 4 is 22.8 Å². The zero-order valence-electron chi connectivity index (χ0n) is 14.2. The summed E-state index contributed by atoms with van der Waals surface area (Å²) < 4.78 is 12.3. The van der Waals surface area contributed by atoms with Gasteiger partial charge >= 0.3 is 6.09 Å². The number of rotatable bonds is 6. The fraction of sp³-hybridized carbons (Fsp3) is 0.529. The van der Waals surface area contributed by atoms with Gasteiger partial charge in [-0.3, -0.25) is 10.2 Å². The number of imidazole rings is 1. The van der Waals surface area contributed by atoms with Gasteiger partial charge in [0.25, 0.3) is 0 Å². The number of benzene rings is 1. The maximum atomic E-state index is 11.5. The number of aromatic nitrogens is 2. The fourth-order valence-electron chi connectivity index (χ4n) is 3.06. The van der Waals surface area contributed by atoms with Crippen LogP contribution in [0.5, 0.6) is 0 Å². The minimum absolute atomic E-state index is 0.353. The molecule has 0 aliphatic carbocycles. The summed E-state index contributed by atoms with van der Waals surface area (Å²) >= 11 is 0. The first-order valence-corrected chi connectivity index (χ1v) is 8.35. The molecule has 7 heteroatoms. The molecule has 0 fully saturated rings. The van der Waals surface area contributed by atoms with Crippen LogP contribution >= 0.6 is 0 Å². The van der Waals surface area contributed by atoms with E-state index >= 15 is 0 Å². The van der Waals surface area contributed by atoms with Crippen molar-refractivity contribution in [1.29, 1.82) is 0 Å². The Labute approximate surface area is 141 Å². The molecular weight excluding hydrogens is 308 g/mol. The van der Waals surface area contributed by atoms with Gasteiger partial charge in [-0.15, -0.1) is 0 Å². The molecule has 1 N–H and O–H groups in total. The molecule has 24 heavy (non-hydrogen) atoms. The predicted octanol–water partition coefficient (Wildman–Crippen LogP) is 2.46. The van der Waals surface area contributed by atoms with E-state index in [1.165, 1.54) is 0 Å². The molecule has 3 rings (SSSR count). The number of amides is 1. The number of carbonyl (C=O) groups is 1. The highest BCUT2D eigenvalue weighted by atomic mass is 16.5. The average Bonchev–Trinajstić information content (AvgIpc) is 2.92. The second-order valence-electron chi connectivity index (χ2n) is 5.85. The summed E-state index contributed by atoms with van der Waals surface area (Å²) in [6.07, 6.45) is 0.592. The third-order valence-electron chi connectivity index (χ3n) is 4.18. The molecule has 0 atom stereocenters. The Morgan fingerprint density at radius 3 is 3.04 bits per heavy atom. The average molecular weight is 332 g/mol. The maximum absolute atomic E-state index is 11.5. The molecule has 1 aromatic heterocycles. The lowest BCUT2D eigenvalue weighted by molar-refractivity contribution is 0.158. The van der Waals surface area contributed by atoms with E-state index in [9.17, 15) is 4.79 Å². The Hall–Kier alpha value is -2.12. The monoisotopic (exact) mass is 332 g/mol. The number of anilines is 1. The van der Waals surface area contributed by atoms with Gasteiger partial charge in [0.1, 0.15) is 5.82 Å². The normalized spacial score (nSPS) is 14.6. The van der Waals surface area contributed by atoms with Crippen molar-refractivity contribution in [3.8, 4) is 0 Å². The topological polar surface area (TPSA) is 68.6 Å². The highest BCUT2D eigenvalue weighted by molar-refractivity contribution is 5.89. The number of methoxy groups -OCH3 is 1. The summed E-state index contributed by atoms with van der Waals surface area (Å²) in [4.78, 5) is 18.7.